The molecule has 0 bridgehead atoms. The summed E-state index contributed by atoms with van der Waals surface area (Å²) >= 11 is 0. The van der Waals surface area contributed by atoms with Crippen molar-refractivity contribution in [2.24, 2.45) is 0 Å². The average molecular weight is 208 g/mol. The molecule has 1 aromatic carbocycles. The van der Waals surface area contributed by atoms with Gasteiger partial charge in [0.1, 0.15) is 12.4 Å². The molecule has 80 valence electrons. The Labute approximate surface area is 88.4 Å². The van der Waals surface area contributed by atoms with Crippen molar-refractivity contribution < 1.29 is 13.9 Å². The largest absolute Gasteiger partial charge is 0.461 e. The summed E-state index contributed by atoms with van der Waals surface area (Å²) in [5.41, 5.74) is 0.923. The molecular weight excluding hydrogens is 195 g/mol. The summed E-state index contributed by atoms with van der Waals surface area (Å²) in [6, 6.07) is 6.08. The number of ether oxygens (including phenoxy) is 1. The highest BCUT2D eigenvalue weighted by Gasteiger charge is 2.02. The van der Waals surface area contributed by atoms with E-state index in [0.29, 0.717) is 12.8 Å². The molecule has 1 rings (SSSR count). The molecule has 0 spiro atoms. The van der Waals surface area contributed by atoms with Gasteiger partial charge in [0.2, 0.25) is 0 Å². The standard InChI is InChI=1S/C12H13FO2/c1-2-9-15-12(14)8-5-10-3-6-11(13)7-4-10/h2-4,6-7H,1,5,8-9H2. The smallest absolute Gasteiger partial charge is 0.306 e. The van der Waals surface area contributed by atoms with E-state index >= 15 is 0 Å². The normalized spacial score (nSPS) is 9.67. The first-order valence-corrected chi connectivity index (χ1v) is 4.73. The van der Waals surface area contributed by atoms with Crippen LogP contribution in [0.1, 0.15) is 12.0 Å². The maximum absolute atomic E-state index is 12.5. The van der Waals surface area contributed by atoms with Crippen molar-refractivity contribution in [3.05, 3.63) is 48.3 Å². The number of rotatable bonds is 5. The zero-order chi connectivity index (χ0) is 11.1. The average Bonchev–Trinajstić information content (AvgIpc) is 2.25. The Morgan fingerprint density at radius 1 is 1.40 bits per heavy atom. The topological polar surface area (TPSA) is 26.3 Å². The van der Waals surface area contributed by atoms with Gasteiger partial charge in [-0.2, -0.15) is 0 Å². The number of benzene rings is 1. The van der Waals surface area contributed by atoms with Crippen molar-refractivity contribution in [3.8, 4) is 0 Å². The first-order valence-electron chi connectivity index (χ1n) is 4.73. The number of carbonyl (C=O) groups is 1. The van der Waals surface area contributed by atoms with Crippen molar-refractivity contribution >= 4 is 5.97 Å². The fourth-order valence-electron chi connectivity index (χ4n) is 1.12. The van der Waals surface area contributed by atoms with Crippen LogP contribution in [-0.4, -0.2) is 12.6 Å². The van der Waals surface area contributed by atoms with Crippen LogP contribution in [0.25, 0.3) is 0 Å². The second-order valence-electron chi connectivity index (χ2n) is 3.10. The third kappa shape index (κ3) is 4.40. The third-order valence-corrected chi connectivity index (χ3v) is 1.89. The molecule has 0 unspecified atom stereocenters. The highest BCUT2D eigenvalue weighted by atomic mass is 19.1. The van der Waals surface area contributed by atoms with Gasteiger partial charge in [-0.3, -0.25) is 4.79 Å². The molecule has 3 heteroatoms. The molecule has 0 heterocycles. The minimum atomic E-state index is -0.270. The molecule has 0 aliphatic rings. The van der Waals surface area contributed by atoms with Crippen molar-refractivity contribution in [1.82, 2.24) is 0 Å². The monoisotopic (exact) mass is 208 g/mol. The quantitative estimate of drug-likeness (QED) is 0.549. The van der Waals surface area contributed by atoms with Gasteiger partial charge in [0, 0.05) is 6.42 Å². The first-order chi connectivity index (χ1) is 7.22. The number of esters is 1. The molecule has 0 saturated heterocycles. The molecule has 1 aromatic rings. The summed E-state index contributed by atoms with van der Waals surface area (Å²) in [6.45, 7) is 3.68. The van der Waals surface area contributed by atoms with Crippen LogP contribution in [0.2, 0.25) is 0 Å². The van der Waals surface area contributed by atoms with Crippen molar-refractivity contribution in [2.45, 2.75) is 12.8 Å². The summed E-state index contributed by atoms with van der Waals surface area (Å²) in [7, 11) is 0. The molecule has 0 N–H and O–H groups in total. The van der Waals surface area contributed by atoms with E-state index in [0.717, 1.165) is 5.56 Å². The van der Waals surface area contributed by atoms with Gasteiger partial charge in [0.05, 0.1) is 0 Å². The van der Waals surface area contributed by atoms with E-state index in [-0.39, 0.29) is 18.4 Å². The molecular formula is C12H13FO2. The number of halogens is 1. The zero-order valence-corrected chi connectivity index (χ0v) is 8.41. The van der Waals surface area contributed by atoms with Gasteiger partial charge in [-0.1, -0.05) is 24.8 Å². The van der Waals surface area contributed by atoms with Gasteiger partial charge >= 0.3 is 5.97 Å². The third-order valence-electron chi connectivity index (χ3n) is 1.89. The van der Waals surface area contributed by atoms with Crippen LogP contribution in [0, 0.1) is 5.82 Å². The van der Waals surface area contributed by atoms with Crippen molar-refractivity contribution in [2.75, 3.05) is 6.61 Å². The number of aryl methyl sites for hydroxylation is 1. The van der Waals surface area contributed by atoms with Gasteiger partial charge in [-0.25, -0.2) is 4.39 Å². The molecule has 0 fully saturated rings. The minimum absolute atomic E-state index is 0.238. The van der Waals surface area contributed by atoms with Gasteiger partial charge in [0.15, 0.2) is 0 Å². The molecule has 0 amide bonds. The minimum Gasteiger partial charge on any atom is -0.461 e. The van der Waals surface area contributed by atoms with E-state index in [4.69, 9.17) is 4.74 Å². The lowest BCUT2D eigenvalue weighted by molar-refractivity contribution is -0.142. The summed E-state index contributed by atoms with van der Waals surface area (Å²) in [5, 5.41) is 0. The Kier molecular flexibility index (Phi) is 4.54. The van der Waals surface area contributed by atoms with Crippen LogP contribution >= 0.6 is 0 Å². The fourth-order valence-corrected chi connectivity index (χ4v) is 1.12. The Bertz CT molecular complexity index is 330. The van der Waals surface area contributed by atoms with Crippen molar-refractivity contribution in [1.29, 1.82) is 0 Å². The first kappa shape index (κ1) is 11.4. The number of carbonyl (C=O) groups excluding carboxylic acids is 1. The molecule has 0 saturated carbocycles. The molecule has 0 aliphatic carbocycles. The summed E-state index contributed by atoms with van der Waals surface area (Å²) in [4.78, 5) is 11.1. The summed E-state index contributed by atoms with van der Waals surface area (Å²) in [6.07, 6.45) is 2.39. The fraction of sp³-hybridized carbons (Fsp3) is 0.250. The van der Waals surface area contributed by atoms with E-state index in [2.05, 4.69) is 6.58 Å². The van der Waals surface area contributed by atoms with Crippen LogP contribution in [0.5, 0.6) is 0 Å². The second-order valence-corrected chi connectivity index (χ2v) is 3.10. The Hall–Kier alpha value is -1.64. The highest BCUT2D eigenvalue weighted by molar-refractivity contribution is 5.69. The van der Waals surface area contributed by atoms with Gasteiger partial charge in [-0.15, -0.1) is 0 Å². The zero-order valence-electron chi connectivity index (χ0n) is 8.41. The van der Waals surface area contributed by atoms with E-state index in [1.165, 1.54) is 18.2 Å². The van der Waals surface area contributed by atoms with Crippen LogP contribution in [-0.2, 0) is 16.0 Å². The van der Waals surface area contributed by atoms with E-state index < -0.39 is 0 Å². The predicted octanol–water partition coefficient (Wildman–Crippen LogP) is 2.49. The van der Waals surface area contributed by atoms with E-state index in [1.54, 1.807) is 12.1 Å². The van der Waals surface area contributed by atoms with E-state index in [1.807, 2.05) is 0 Å². The van der Waals surface area contributed by atoms with Crippen LogP contribution in [0.3, 0.4) is 0 Å². The van der Waals surface area contributed by atoms with Crippen LogP contribution in [0.4, 0.5) is 4.39 Å². The SMILES string of the molecule is C=CCOC(=O)CCc1ccc(F)cc1. The Balaban J connectivity index is 2.33. The highest BCUT2D eigenvalue weighted by Crippen LogP contribution is 2.05. The van der Waals surface area contributed by atoms with Gasteiger partial charge in [0.25, 0.3) is 0 Å². The predicted molar refractivity (Wildman–Crippen MR) is 55.9 cm³/mol. The van der Waals surface area contributed by atoms with Crippen molar-refractivity contribution in [3.63, 3.8) is 0 Å². The molecule has 0 aromatic heterocycles. The van der Waals surface area contributed by atoms with Crippen LogP contribution < -0.4 is 0 Å². The molecule has 15 heavy (non-hydrogen) atoms. The maximum Gasteiger partial charge on any atom is 0.306 e. The molecule has 0 aliphatic heterocycles. The van der Waals surface area contributed by atoms with Gasteiger partial charge < -0.3 is 4.74 Å². The summed E-state index contributed by atoms with van der Waals surface area (Å²) in [5.74, 6) is -0.535. The molecule has 0 radical (unpaired) electrons. The lowest BCUT2D eigenvalue weighted by Gasteiger charge is -2.02. The maximum atomic E-state index is 12.5. The Morgan fingerprint density at radius 3 is 2.67 bits per heavy atom. The summed E-state index contributed by atoms with van der Waals surface area (Å²) < 4.78 is 17.4. The van der Waals surface area contributed by atoms with Crippen LogP contribution in [0.15, 0.2) is 36.9 Å². The molecule has 0 atom stereocenters. The number of hydrogen-bond donors (Lipinski definition) is 0. The molecule has 2 nitrogen and oxygen atoms in total. The van der Waals surface area contributed by atoms with Gasteiger partial charge in [-0.05, 0) is 24.1 Å². The Morgan fingerprint density at radius 2 is 2.07 bits per heavy atom. The van der Waals surface area contributed by atoms with E-state index in [9.17, 15) is 9.18 Å². The number of hydrogen-bond acceptors (Lipinski definition) is 2. The lowest BCUT2D eigenvalue weighted by Crippen LogP contribution is -2.05. The second kappa shape index (κ2) is 5.96. The lowest BCUT2D eigenvalue weighted by atomic mass is 10.1.